The molecule has 2 aromatic carbocycles. The van der Waals surface area contributed by atoms with Crippen LogP contribution in [0.25, 0.3) is 0 Å². The molecule has 0 bridgehead atoms. The monoisotopic (exact) mass is 485 g/mol. The highest BCUT2D eigenvalue weighted by atomic mass is 35.5. The number of hydrogen-bond donors (Lipinski definition) is 2. The molecule has 0 saturated carbocycles. The maximum Gasteiger partial charge on any atom is 0.137 e. The highest BCUT2D eigenvalue weighted by Gasteiger charge is 2.42. The van der Waals surface area contributed by atoms with E-state index in [1.54, 1.807) is 24.3 Å². The molecular weight excluding hydrogens is 454 g/mol. The summed E-state index contributed by atoms with van der Waals surface area (Å²) >= 11 is 5.91. The Hall–Kier alpha value is -2.58. The Morgan fingerprint density at radius 3 is 2.50 bits per heavy atom. The number of nitrogens with zero attached hydrogens (tertiary/aromatic N) is 3. The molecule has 3 aromatic rings. The van der Waals surface area contributed by atoms with E-state index >= 15 is 0 Å². The molecule has 0 spiro atoms. The van der Waals surface area contributed by atoms with Crippen LogP contribution in [0, 0.1) is 6.92 Å². The number of rotatable bonds is 10. The average molecular weight is 486 g/mol. The van der Waals surface area contributed by atoms with E-state index in [9.17, 15) is 10.2 Å². The fourth-order valence-corrected chi connectivity index (χ4v) is 4.30. The van der Waals surface area contributed by atoms with Crippen molar-refractivity contribution in [2.45, 2.75) is 44.6 Å². The molecule has 34 heavy (non-hydrogen) atoms. The SMILES string of the molecule is Cc1nccn1CCCOc1ccc(CN2CC[C@H](O)[C@@](O)(COc3ccc(Cl)cc3)C2)cc1. The quantitative estimate of drug-likeness (QED) is 0.426. The molecule has 182 valence electrons. The number of hydrogen-bond acceptors (Lipinski definition) is 6. The van der Waals surface area contributed by atoms with Crippen molar-refractivity contribution in [3.8, 4) is 11.5 Å². The molecule has 1 fully saturated rings. The lowest BCUT2D eigenvalue weighted by Crippen LogP contribution is -2.59. The van der Waals surface area contributed by atoms with Crippen molar-refractivity contribution in [3.05, 3.63) is 77.3 Å². The third kappa shape index (κ3) is 6.51. The molecule has 8 heteroatoms. The van der Waals surface area contributed by atoms with Gasteiger partial charge >= 0.3 is 0 Å². The van der Waals surface area contributed by atoms with Gasteiger partial charge in [-0.15, -0.1) is 0 Å². The summed E-state index contributed by atoms with van der Waals surface area (Å²) in [5.41, 5.74) is -0.215. The molecule has 1 saturated heterocycles. The summed E-state index contributed by atoms with van der Waals surface area (Å²) in [4.78, 5) is 6.37. The maximum atomic E-state index is 11.1. The maximum absolute atomic E-state index is 11.1. The number of β-amino-alcohol motifs (C(OH)–C–C–N with tert-alkyl or cyclic N) is 1. The van der Waals surface area contributed by atoms with Crippen LogP contribution in [0.3, 0.4) is 0 Å². The van der Waals surface area contributed by atoms with Gasteiger partial charge in [-0.05, 0) is 61.7 Å². The first-order chi connectivity index (χ1) is 16.4. The van der Waals surface area contributed by atoms with Gasteiger partial charge in [-0.25, -0.2) is 4.98 Å². The summed E-state index contributed by atoms with van der Waals surface area (Å²) in [7, 11) is 0. The third-order valence-electron chi connectivity index (χ3n) is 6.20. The summed E-state index contributed by atoms with van der Waals surface area (Å²) in [6.45, 7) is 5.24. The van der Waals surface area contributed by atoms with Crippen molar-refractivity contribution in [3.63, 3.8) is 0 Å². The molecule has 7 nitrogen and oxygen atoms in total. The van der Waals surface area contributed by atoms with Gasteiger partial charge in [0.1, 0.15) is 29.5 Å². The largest absolute Gasteiger partial charge is 0.494 e. The smallest absolute Gasteiger partial charge is 0.137 e. The fraction of sp³-hybridized carbons (Fsp3) is 0.423. The van der Waals surface area contributed by atoms with E-state index < -0.39 is 11.7 Å². The molecule has 4 rings (SSSR count). The second kappa shape index (κ2) is 11.2. The number of likely N-dealkylation sites (tertiary alicyclic amines) is 1. The Bertz CT molecular complexity index is 1040. The van der Waals surface area contributed by atoms with Gasteiger partial charge in [-0.3, -0.25) is 4.90 Å². The zero-order valence-corrected chi connectivity index (χ0v) is 20.2. The molecule has 2 N–H and O–H groups in total. The molecule has 0 amide bonds. The van der Waals surface area contributed by atoms with Crippen LogP contribution < -0.4 is 9.47 Å². The molecule has 1 aliphatic heterocycles. The number of aryl methyl sites for hydroxylation is 2. The molecule has 0 aliphatic carbocycles. The third-order valence-corrected chi connectivity index (χ3v) is 6.46. The van der Waals surface area contributed by atoms with Gasteiger partial charge in [0.05, 0.1) is 12.7 Å². The van der Waals surface area contributed by atoms with Crippen molar-refractivity contribution in [1.82, 2.24) is 14.5 Å². The summed E-state index contributed by atoms with van der Waals surface area (Å²) in [5, 5.41) is 22.2. The number of benzene rings is 2. The Labute approximate surface area is 205 Å². The van der Waals surface area contributed by atoms with E-state index in [2.05, 4.69) is 14.5 Å². The van der Waals surface area contributed by atoms with E-state index in [-0.39, 0.29) is 6.61 Å². The van der Waals surface area contributed by atoms with Gasteiger partial charge in [0, 0.05) is 43.6 Å². The second-order valence-electron chi connectivity index (χ2n) is 8.88. The number of ether oxygens (including phenoxy) is 2. The van der Waals surface area contributed by atoms with Crippen molar-refractivity contribution in [2.24, 2.45) is 0 Å². The number of imidazole rings is 1. The molecule has 1 aliphatic rings. The standard InChI is InChI=1S/C26H32ClN3O4/c1-20-28-12-15-30(20)13-2-16-33-23-7-3-21(4-8-23)17-29-14-11-25(31)26(32,18-29)19-34-24-9-5-22(27)6-10-24/h3-10,12,15,25,31-32H,2,11,13-14,16-19H2,1H3/t25-,26-/m0/s1. The van der Waals surface area contributed by atoms with Crippen LogP contribution in [0.2, 0.25) is 5.02 Å². The van der Waals surface area contributed by atoms with Crippen LogP contribution in [-0.4, -0.2) is 62.7 Å². The normalized spacial score (nSPS) is 20.9. The molecule has 0 unspecified atom stereocenters. The number of aromatic nitrogens is 2. The molecule has 1 aromatic heterocycles. The minimum Gasteiger partial charge on any atom is -0.494 e. The van der Waals surface area contributed by atoms with Crippen LogP contribution in [-0.2, 0) is 13.1 Å². The van der Waals surface area contributed by atoms with Crippen LogP contribution in [0.1, 0.15) is 24.2 Å². The predicted octanol–water partition coefficient (Wildman–Crippen LogP) is 3.69. The van der Waals surface area contributed by atoms with Crippen LogP contribution in [0.5, 0.6) is 11.5 Å². The van der Waals surface area contributed by atoms with E-state index in [1.165, 1.54) is 0 Å². The predicted molar refractivity (Wildman–Crippen MR) is 131 cm³/mol. The average Bonchev–Trinajstić information content (AvgIpc) is 3.24. The molecule has 2 atom stereocenters. The van der Waals surface area contributed by atoms with E-state index in [0.717, 1.165) is 30.1 Å². The summed E-state index contributed by atoms with van der Waals surface area (Å²) in [5.74, 6) is 2.46. The lowest BCUT2D eigenvalue weighted by atomic mass is 9.90. The van der Waals surface area contributed by atoms with Gasteiger partial charge in [0.15, 0.2) is 0 Å². The van der Waals surface area contributed by atoms with Crippen molar-refractivity contribution >= 4 is 11.6 Å². The Morgan fingerprint density at radius 2 is 1.79 bits per heavy atom. The van der Waals surface area contributed by atoms with Crippen molar-refractivity contribution in [1.29, 1.82) is 0 Å². The summed E-state index contributed by atoms with van der Waals surface area (Å²) in [6.07, 6.45) is 4.35. The minimum atomic E-state index is -1.34. The van der Waals surface area contributed by atoms with Gasteiger partial charge in [0.2, 0.25) is 0 Å². The first-order valence-electron chi connectivity index (χ1n) is 11.6. The lowest BCUT2D eigenvalue weighted by molar-refractivity contribution is -0.140. The minimum absolute atomic E-state index is 0.0116. The highest BCUT2D eigenvalue weighted by Crippen LogP contribution is 2.26. The number of halogens is 1. The van der Waals surface area contributed by atoms with Crippen LogP contribution in [0.4, 0.5) is 0 Å². The molecule has 2 heterocycles. The second-order valence-corrected chi connectivity index (χ2v) is 9.31. The molecular formula is C26H32ClN3O4. The van der Waals surface area contributed by atoms with Gasteiger partial charge in [0.25, 0.3) is 0 Å². The van der Waals surface area contributed by atoms with Crippen LogP contribution >= 0.6 is 11.6 Å². The Kier molecular flexibility index (Phi) is 8.11. The van der Waals surface area contributed by atoms with Gasteiger partial charge in [-0.1, -0.05) is 23.7 Å². The van der Waals surface area contributed by atoms with Crippen molar-refractivity contribution < 1.29 is 19.7 Å². The Balaban J connectivity index is 1.24. The zero-order chi connectivity index (χ0) is 24.0. The first-order valence-corrected chi connectivity index (χ1v) is 12.0. The van der Waals surface area contributed by atoms with Crippen LogP contribution in [0.15, 0.2) is 60.9 Å². The van der Waals surface area contributed by atoms with E-state index in [1.807, 2.05) is 43.6 Å². The van der Waals surface area contributed by atoms with Crippen molar-refractivity contribution in [2.75, 3.05) is 26.3 Å². The number of aliphatic hydroxyl groups is 2. The Morgan fingerprint density at radius 1 is 1.09 bits per heavy atom. The summed E-state index contributed by atoms with van der Waals surface area (Å²) < 4.78 is 13.7. The van der Waals surface area contributed by atoms with E-state index in [4.69, 9.17) is 21.1 Å². The first kappa shape index (κ1) is 24.5. The topological polar surface area (TPSA) is 80.0 Å². The number of aliphatic hydroxyl groups excluding tert-OH is 1. The lowest BCUT2D eigenvalue weighted by Gasteiger charge is -2.42. The van der Waals surface area contributed by atoms with Gasteiger partial charge in [-0.2, -0.15) is 0 Å². The fourth-order valence-electron chi connectivity index (χ4n) is 4.18. The zero-order valence-electron chi connectivity index (χ0n) is 19.4. The highest BCUT2D eigenvalue weighted by molar-refractivity contribution is 6.30. The van der Waals surface area contributed by atoms with Gasteiger partial charge < -0.3 is 24.3 Å². The molecule has 0 radical (unpaired) electrons. The number of piperidine rings is 1. The summed E-state index contributed by atoms with van der Waals surface area (Å²) in [6, 6.07) is 15.0. The van der Waals surface area contributed by atoms with E-state index in [0.29, 0.717) is 43.4 Å².